The van der Waals surface area contributed by atoms with Crippen molar-refractivity contribution in [2.75, 3.05) is 14.1 Å². The summed E-state index contributed by atoms with van der Waals surface area (Å²) in [7, 11) is 4.17. The minimum atomic E-state index is 0.272. The Kier molecular flexibility index (Phi) is 11.7. The lowest BCUT2D eigenvalue weighted by Crippen LogP contribution is -2.46. The predicted octanol–water partition coefficient (Wildman–Crippen LogP) is 5.06. The second-order valence-electron chi connectivity index (χ2n) is 10.6. The summed E-state index contributed by atoms with van der Waals surface area (Å²) in [6.07, 6.45) is 4.20. The van der Waals surface area contributed by atoms with E-state index in [9.17, 15) is 0 Å². The predicted molar refractivity (Wildman–Crippen MR) is 112 cm³/mol. The Balaban J connectivity index is 0. The second-order valence-corrected chi connectivity index (χ2v) is 10.6. The molecule has 24 heavy (non-hydrogen) atoms. The van der Waals surface area contributed by atoms with Crippen LogP contribution < -0.4 is 10.6 Å². The van der Waals surface area contributed by atoms with Gasteiger partial charge in [0, 0.05) is 28.7 Å². The van der Waals surface area contributed by atoms with Gasteiger partial charge in [0.2, 0.25) is 0 Å². The van der Waals surface area contributed by atoms with Gasteiger partial charge in [-0.25, -0.2) is 0 Å². The average Bonchev–Trinajstić information content (AvgIpc) is 2.19. The van der Waals surface area contributed by atoms with E-state index in [1.165, 1.54) is 19.3 Å². The molecule has 1 rings (SSSR count). The Bertz CT molecular complexity index is 297. The van der Waals surface area contributed by atoms with Gasteiger partial charge in [-0.1, -0.05) is 20.3 Å². The standard InChI is InChI=1S/C8H17N.C7H17N.C6H15N/c1-8(2,3)9-7-5-4-6-7;1-6(2)8-7(3,4)5;1-6(2,3)7(4)5/h7,9H,4-6H2,1-3H3;6,8H,1-5H3;1-5H3. The molecule has 0 radical (unpaired) electrons. The molecule has 0 bridgehead atoms. The van der Waals surface area contributed by atoms with Crippen LogP contribution in [-0.2, 0) is 0 Å². The van der Waals surface area contributed by atoms with Crippen molar-refractivity contribution in [3.8, 4) is 0 Å². The molecule has 1 aliphatic carbocycles. The van der Waals surface area contributed by atoms with E-state index < -0.39 is 0 Å². The molecule has 0 unspecified atom stereocenters. The van der Waals surface area contributed by atoms with E-state index in [4.69, 9.17) is 0 Å². The highest BCUT2D eigenvalue weighted by Crippen LogP contribution is 2.20. The average molecular weight is 344 g/mol. The van der Waals surface area contributed by atoms with Gasteiger partial charge in [0.15, 0.2) is 0 Å². The molecular weight excluding hydrogens is 294 g/mol. The van der Waals surface area contributed by atoms with Crippen LogP contribution in [0.5, 0.6) is 0 Å². The minimum absolute atomic E-state index is 0.272. The van der Waals surface area contributed by atoms with E-state index in [-0.39, 0.29) is 5.54 Å². The van der Waals surface area contributed by atoms with E-state index in [1.807, 2.05) is 0 Å². The van der Waals surface area contributed by atoms with Gasteiger partial charge < -0.3 is 15.5 Å². The molecule has 1 aliphatic rings. The molecule has 0 atom stereocenters. The highest BCUT2D eigenvalue weighted by atomic mass is 15.1. The first kappa shape index (κ1) is 26.1. The van der Waals surface area contributed by atoms with Crippen molar-refractivity contribution in [2.45, 2.75) is 124 Å². The molecule has 3 heteroatoms. The van der Waals surface area contributed by atoms with Gasteiger partial charge in [-0.3, -0.25) is 0 Å². The highest BCUT2D eigenvalue weighted by molar-refractivity contribution is 4.83. The van der Waals surface area contributed by atoms with Gasteiger partial charge in [-0.2, -0.15) is 0 Å². The van der Waals surface area contributed by atoms with Crippen molar-refractivity contribution in [3.63, 3.8) is 0 Å². The van der Waals surface area contributed by atoms with Crippen molar-refractivity contribution in [2.24, 2.45) is 0 Å². The summed E-state index contributed by atoms with van der Waals surface area (Å²) in [5.41, 5.74) is 0.930. The molecule has 1 fully saturated rings. The molecule has 0 amide bonds. The lowest BCUT2D eigenvalue weighted by Gasteiger charge is -2.34. The summed E-state index contributed by atoms with van der Waals surface area (Å²) in [5.74, 6) is 0. The van der Waals surface area contributed by atoms with Crippen LogP contribution in [0.25, 0.3) is 0 Å². The van der Waals surface area contributed by atoms with Crippen molar-refractivity contribution in [1.82, 2.24) is 15.5 Å². The number of rotatable bonds is 2. The third-order valence-electron chi connectivity index (χ3n) is 3.81. The first-order valence-corrected chi connectivity index (χ1v) is 9.67. The summed E-state index contributed by atoms with van der Waals surface area (Å²) < 4.78 is 0. The van der Waals surface area contributed by atoms with E-state index in [1.54, 1.807) is 0 Å². The van der Waals surface area contributed by atoms with Crippen LogP contribution in [0.15, 0.2) is 0 Å². The van der Waals surface area contributed by atoms with Gasteiger partial charge in [0.25, 0.3) is 0 Å². The molecule has 1 saturated carbocycles. The van der Waals surface area contributed by atoms with Crippen molar-refractivity contribution in [3.05, 3.63) is 0 Å². The molecule has 2 N–H and O–H groups in total. The molecule has 0 aliphatic heterocycles. The second kappa shape index (κ2) is 10.8. The smallest absolute Gasteiger partial charge is 0.0118 e. The van der Waals surface area contributed by atoms with Crippen LogP contribution in [0.3, 0.4) is 0 Å². The van der Waals surface area contributed by atoms with Crippen molar-refractivity contribution in [1.29, 1.82) is 0 Å². The summed E-state index contributed by atoms with van der Waals surface area (Å²) >= 11 is 0. The topological polar surface area (TPSA) is 27.3 Å². The zero-order valence-electron chi connectivity index (χ0n) is 19.2. The summed E-state index contributed by atoms with van der Waals surface area (Å²) in [4.78, 5) is 2.19. The van der Waals surface area contributed by atoms with Gasteiger partial charge in [0.05, 0.1) is 0 Å². The lowest BCUT2D eigenvalue weighted by atomic mass is 9.91. The zero-order valence-corrected chi connectivity index (χ0v) is 19.2. The van der Waals surface area contributed by atoms with Crippen molar-refractivity contribution < 1.29 is 0 Å². The van der Waals surface area contributed by atoms with Crippen LogP contribution in [-0.4, -0.2) is 47.7 Å². The highest BCUT2D eigenvalue weighted by Gasteiger charge is 2.21. The SMILES string of the molecule is CC(C)(C)NC1CCC1.CC(C)NC(C)(C)C.CN(C)C(C)(C)C. The fraction of sp³-hybridized carbons (Fsp3) is 1.00. The maximum absolute atomic E-state index is 3.56. The van der Waals surface area contributed by atoms with E-state index in [0.717, 1.165) is 6.04 Å². The minimum Gasteiger partial charge on any atom is -0.310 e. The molecule has 0 heterocycles. The Morgan fingerprint density at radius 3 is 1.21 bits per heavy atom. The summed E-state index contributed by atoms with van der Waals surface area (Å²) in [5, 5.41) is 6.94. The fourth-order valence-electron chi connectivity index (χ4n) is 2.03. The number of nitrogens with zero attached hydrogens (tertiary/aromatic N) is 1. The van der Waals surface area contributed by atoms with E-state index in [2.05, 4.69) is 106 Å². The third-order valence-corrected chi connectivity index (χ3v) is 3.81. The molecule has 0 aromatic rings. The summed E-state index contributed by atoms with van der Waals surface area (Å²) in [6.45, 7) is 24.1. The number of hydrogen-bond donors (Lipinski definition) is 2. The van der Waals surface area contributed by atoms with Crippen LogP contribution in [0.2, 0.25) is 0 Å². The van der Waals surface area contributed by atoms with Gasteiger partial charge in [-0.15, -0.1) is 0 Å². The van der Waals surface area contributed by atoms with Crippen LogP contribution in [0.1, 0.15) is 95.4 Å². The van der Waals surface area contributed by atoms with Crippen LogP contribution in [0.4, 0.5) is 0 Å². The molecule has 148 valence electrons. The van der Waals surface area contributed by atoms with Crippen LogP contribution in [0, 0.1) is 0 Å². The lowest BCUT2D eigenvalue weighted by molar-refractivity contribution is 0.219. The molecule has 0 saturated heterocycles. The van der Waals surface area contributed by atoms with Gasteiger partial charge in [-0.05, 0) is 89.3 Å². The fourth-order valence-corrected chi connectivity index (χ4v) is 2.03. The molecule has 3 nitrogen and oxygen atoms in total. The molecule has 0 spiro atoms. The first-order chi connectivity index (χ1) is 10.4. The zero-order chi connectivity index (χ0) is 19.8. The van der Waals surface area contributed by atoms with E-state index >= 15 is 0 Å². The maximum atomic E-state index is 3.56. The van der Waals surface area contributed by atoms with Crippen LogP contribution >= 0.6 is 0 Å². The third kappa shape index (κ3) is 19.9. The normalized spacial score (nSPS) is 16.1. The van der Waals surface area contributed by atoms with Gasteiger partial charge in [0.1, 0.15) is 0 Å². The first-order valence-electron chi connectivity index (χ1n) is 9.67. The molecule has 0 aromatic carbocycles. The maximum Gasteiger partial charge on any atom is 0.0118 e. The summed E-state index contributed by atoms with van der Waals surface area (Å²) in [6, 6.07) is 1.42. The molecular formula is C21H49N3. The largest absolute Gasteiger partial charge is 0.310 e. The Labute approximate surface area is 154 Å². The molecule has 0 aromatic heterocycles. The Morgan fingerprint density at radius 2 is 1.17 bits per heavy atom. The number of hydrogen-bond acceptors (Lipinski definition) is 3. The van der Waals surface area contributed by atoms with E-state index in [0.29, 0.717) is 17.1 Å². The number of nitrogens with one attached hydrogen (secondary N) is 2. The Hall–Kier alpha value is -0.120. The van der Waals surface area contributed by atoms with Crippen molar-refractivity contribution >= 4 is 0 Å². The Morgan fingerprint density at radius 1 is 0.792 bits per heavy atom. The van der Waals surface area contributed by atoms with Gasteiger partial charge >= 0.3 is 0 Å². The quantitative estimate of drug-likeness (QED) is 0.734. The monoisotopic (exact) mass is 343 g/mol.